The molecule has 0 amide bonds. The second-order valence-electron chi connectivity index (χ2n) is 5.13. The molecule has 0 aliphatic carbocycles. The molecule has 5 heteroatoms. The molecular weight excluding hydrogens is 273 g/mol. The average Bonchev–Trinajstić information content (AvgIpc) is 2.79. The Morgan fingerprint density at radius 1 is 1.35 bits per heavy atom. The van der Waals surface area contributed by atoms with Crippen LogP contribution in [0.5, 0.6) is 0 Å². The first-order valence-electron chi connectivity index (χ1n) is 6.91. The van der Waals surface area contributed by atoms with Gasteiger partial charge in [0, 0.05) is 11.4 Å². The SMILES string of the molecule is CCNCc1sc(-c2ccc(F)cn2)nc1CC(C)C. The minimum absolute atomic E-state index is 0.319. The standard InChI is InChI=1S/C15H20FN3S/c1-4-17-9-14-13(7-10(2)3)19-15(20-14)12-6-5-11(16)8-18-12/h5-6,8,10,17H,4,7,9H2,1-3H3. The van der Waals surface area contributed by atoms with Crippen molar-refractivity contribution in [1.29, 1.82) is 0 Å². The van der Waals surface area contributed by atoms with E-state index in [0.29, 0.717) is 5.92 Å². The van der Waals surface area contributed by atoms with Crippen LogP contribution in [0.15, 0.2) is 18.3 Å². The van der Waals surface area contributed by atoms with Crippen LogP contribution in [0.1, 0.15) is 31.3 Å². The molecule has 2 rings (SSSR count). The Kier molecular flexibility index (Phi) is 5.20. The fraction of sp³-hybridized carbons (Fsp3) is 0.467. The van der Waals surface area contributed by atoms with Crippen molar-refractivity contribution in [1.82, 2.24) is 15.3 Å². The molecule has 0 unspecified atom stereocenters. The van der Waals surface area contributed by atoms with Gasteiger partial charge in [-0.1, -0.05) is 20.8 Å². The zero-order valence-electron chi connectivity index (χ0n) is 12.1. The second kappa shape index (κ2) is 6.90. The molecule has 0 bridgehead atoms. The highest BCUT2D eigenvalue weighted by molar-refractivity contribution is 7.15. The fourth-order valence-corrected chi connectivity index (χ4v) is 2.95. The van der Waals surface area contributed by atoms with Crippen LogP contribution in [0.25, 0.3) is 10.7 Å². The predicted molar refractivity (Wildman–Crippen MR) is 81.2 cm³/mol. The van der Waals surface area contributed by atoms with E-state index in [0.717, 1.165) is 35.9 Å². The maximum absolute atomic E-state index is 12.9. The highest BCUT2D eigenvalue weighted by atomic mass is 32.1. The van der Waals surface area contributed by atoms with Crippen LogP contribution in [0.4, 0.5) is 4.39 Å². The van der Waals surface area contributed by atoms with E-state index in [1.165, 1.54) is 17.1 Å². The molecule has 0 saturated heterocycles. The summed E-state index contributed by atoms with van der Waals surface area (Å²) in [6, 6.07) is 3.11. The third kappa shape index (κ3) is 3.84. The average molecular weight is 293 g/mol. The van der Waals surface area contributed by atoms with Crippen molar-refractivity contribution in [3.05, 3.63) is 34.7 Å². The smallest absolute Gasteiger partial charge is 0.142 e. The van der Waals surface area contributed by atoms with Crippen LogP contribution in [-0.4, -0.2) is 16.5 Å². The van der Waals surface area contributed by atoms with Gasteiger partial charge in [0.25, 0.3) is 0 Å². The number of rotatable bonds is 6. The van der Waals surface area contributed by atoms with E-state index in [4.69, 9.17) is 4.98 Å². The zero-order valence-corrected chi connectivity index (χ0v) is 12.9. The van der Waals surface area contributed by atoms with E-state index in [2.05, 4.69) is 31.1 Å². The Labute approximate surface area is 123 Å². The van der Waals surface area contributed by atoms with Gasteiger partial charge >= 0.3 is 0 Å². The van der Waals surface area contributed by atoms with Crippen molar-refractivity contribution >= 4 is 11.3 Å². The summed E-state index contributed by atoms with van der Waals surface area (Å²) in [6.45, 7) is 8.23. The molecule has 0 saturated carbocycles. The largest absolute Gasteiger partial charge is 0.312 e. The van der Waals surface area contributed by atoms with Crippen molar-refractivity contribution in [2.75, 3.05) is 6.54 Å². The molecule has 1 N–H and O–H groups in total. The summed E-state index contributed by atoms with van der Waals surface area (Å²) < 4.78 is 12.9. The summed E-state index contributed by atoms with van der Waals surface area (Å²) in [5.41, 5.74) is 1.87. The fourth-order valence-electron chi connectivity index (χ4n) is 1.92. The number of hydrogen-bond donors (Lipinski definition) is 1. The molecule has 2 aromatic rings. The number of thiazole rings is 1. The van der Waals surface area contributed by atoms with E-state index in [9.17, 15) is 4.39 Å². The number of aromatic nitrogens is 2. The molecule has 2 heterocycles. The Morgan fingerprint density at radius 2 is 2.15 bits per heavy atom. The molecule has 2 aromatic heterocycles. The first-order valence-corrected chi connectivity index (χ1v) is 7.73. The topological polar surface area (TPSA) is 37.8 Å². The van der Waals surface area contributed by atoms with Crippen molar-refractivity contribution < 1.29 is 4.39 Å². The van der Waals surface area contributed by atoms with Crippen LogP contribution < -0.4 is 5.32 Å². The quantitative estimate of drug-likeness (QED) is 0.883. The van der Waals surface area contributed by atoms with Crippen molar-refractivity contribution in [3.63, 3.8) is 0 Å². The summed E-state index contributed by atoms with van der Waals surface area (Å²) in [7, 11) is 0. The lowest BCUT2D eigenvalue weighted by atomic mass is 10.1. The maximum atomic E-state index is 12.9. The van der Waals surface area contributed by atoms with Gasteiger partial charge < -0.3 is 5.32 Å². The molecule has 0 aliphatic rings. The minimum Gasteiger partial charge on any atom is -0.312 e. The molecule has 0 fully saturated rings. The summed E-state index contributed by atoms with van der Waals surface area (Å²) in [6.07, 6.45) is 2.20. The maximum Gasteiger partial charge on any atom is 0.142 e. The first kappa shape index (κ1) is 15.1. The van der Waals surface area contributed by atoms with Gasteiger partial charge in [-0.25, -0.2) is 9.37 Å². The lowest BCUT2D eigenvalue weighted by Crippen LogP contribution is -2.12. The van der Waals surface area contributed by atoms with E-state index in [-0.39, 0.29) is 5.82 Å². The van der Waals surface area contributed by atoms with Crippen molar-refractivity contribution in [2.24, 2.45) is 5.92 Å². The number of halogens is 1. The van der Waals surface area contributed by atoms with Gasteiger partial charge in [-0.15, -0.1) is 11.3 Å². The lowest BCUT2D eigenvalue weighted by molar-refractivity contribution is 0.621. The van der Waals surface area contributed by atoms with Crippen LogP contribution in [0.3, 0.4) is 0 Å². The Hall–Kier alpha value is -1.33. The monoisotopic (exact) mass is 293 g/mol. The van der Waals surface area contributed by atoms with E-state index >= 15 is 0 Å². The summed E-state index contributed by atoms with van der Waals surface area (Å²) >= 11 is 1.64. The van der Waals surface area contributed by atoms with Crippen LogP contribution >= 0.6 is 11.3 Å². The summed E-state index contributed by atoms with van der Waals surface area (Å²) in [5.74, 6) is 0.243. The Balaban J connectivity index is 2.29. The first-order chi connectivity index (χ1) is 9.60. The van der Waals surface area contributed by atoms with Gasteiger partial charge in [0.2, 0.25) is 0 Å². The Morgan fingerprint density at radius 3 is 2.75 bits per heavy atom. The number of nitrogens with one attached hydrogen (secondary N) is 1. The minimum atomic E-state index is -0.319. The van der Waals surface area contributed by atoms with Crippen molar-refractivity contribution in [3.8, 4) is 10.7 Å². The van der Waals surface area contributed by atoms with Gasteiger partial charge in [-0.3, -0.25) is 4.98 Å². The van der Waals surface area contributed by atoms with Gasteiger partial charge in [0.05, 0.1) is 17.6 Å². The summed E-state index contributed by atoms with van der Waals surface area (Å²) in [5, 5.41) is 4.21. The molecule has 0 atom stereocenters. The molecule has 0 aliphatic heterocycles. The van der Waals surface area contributed by atoms with Gasteiger partial charge in [-0.2, -0.15) is 0 Å². The molecule has 0 radical (unpaired) electrons. The highest BCUT2D eigenvalue weighted by Crippen LogP contribution is 2.28. The zero-order chi connectivity index (χ0) is 14.5. The molecule has 0 aromatic carbocycles. The van der Waals surface area contributed by atoms with Crippen LogP contribution in [0, 0.1) is 11.7 Å². The third-order valence-electron chi connectivity index (χ3n) is 2.86. The normalized spacial score (nSPS) is 11.2. The summed E-state index contributed by atoms with van der Waals surface area (Å²) in [4.78, 5) is 10.1. The second-order valence-corrected chi connectivity index (χ2v) is 6.21. The van der Waals surface area contributed by atoms with Gasteiger partial charge in [0.1, 0.15) is 10.8 Å². The van der Waals surface area contributed by atoms with Crippen LogP contribution in [0.2, 0.25) is 0 Å². The molecule has 108 valence electrons. The lowest BCUT2D eigenvalue weighted by Gasteiger charge is -2.04. The molecule has 0 spiro atoms. The van der Waals surface area contributed by atoms with Crippen LogP contribution in [-0.2, 0) is 13.0 Å². The number of pyridine rings is 1. The molecule has 20 heavy (non-hydrogen) atoms. The number of hydrogen-bond acceptors (Lipinski definition) is 4. The van der Waals surface area contributed by atoms with E-state index in [1.807, 2.05) is 0 Å². The van der Waals surface area contributed by atoms with Gasteiger partial charge in [-0.05, 0) is 31.0 Å². The van der Waals surface area contributed by atoms with E-state index < -0.39 is 0 Å². The Bertz CT molecular complexity index is 549. The van der Waals surface area contributed by atoms with E-state index in [1.54, 1.807) is 17.4 Å². The molecule has 3 nitrogen and oxygen atoms in total. The third-order valence-corrected chi connectivity index (χ3v) is 3.98. The van der Waals surface area contributed by atoms with Gasteiger partial charge in [0.15, 0.2) is 0 Å². The molecular formula is C15H20FN3S. The predicted octanol–water partition coefficient (Wildman–Crippen LogP) is 3.65. The number of nitrogens with zero attached hydrogens (tertiary/aromatic N) is 2. The highest BCUT2D eigenvalue weighted by Gasteiger charge is 2.14. The van der Waals surface area contributed by atoms with Crippen molar-refractivity contribution in [2.45, 2.75) is 33.7 Å².